The summed E-state index contributed by atoms with van der Waals surface area (Å²) in [5.74, 6) is 0.994. The van der Waals surface area contributed by atoms with Crippen LogP contribution in [0.3, 0.4) is 0 Å². The van der Waals surface area contributed by atoms with Crippen LogP contribution in [0.2, 0.25) is 0 Å². The van der Waals surface area contributed by atoms with E-state index in [-0.39, 0.29) is 11.8 Å². The molecule has 0 saturated carbocycles. The zero-order chi connectivity index (χ0) is 17.0. The van der Waals surface area contributed by atoms with E-state index in [2.05, 4.69) is 17.0 Å². The van der Waals surface area contributed by atoms with Crippen LogP contribution in [0.4, 0.5) is 0 Å². The molecule has 0 unspecified atom stereocenters. The predicted molar refractivity (Wildman–Crippen MR) is 95.0 cm³/mol. The first-order valence-corrected chi connectivity index (χ1v) is 9.91. The van der Waals surface area contributed by atoms with Crippen LogP contribution in [0.15, 0.2) is 59.5 Å². The molecule has 1 saturated heterocycles. The van der Waals surface area contributed by atoms with Crippen molar-refractivity contribution in [1.82, 2.24) is 4.90 Å². The Kier molecular flexibility index (Phi) is 5.21. The minimum Gasteiger partial charge on any atom is -0.497 e. The molecule has 1 atom stereocenters. The van der Waals surface area contributed by atoms with Crippen LogP contribution in [0.25, 0.3) is 0 Å². The summed E-state index contributed by atoms with van der Waals surface area (Å²) in [6, 6.07) is 17.0. The van der Waals surface area contributed by atoms with Gasteiger partial charge in [-0.1, -0.05) is 30.3 Å². The third-order valence-electron chi connectivity index (χ3n) is 4.59. The van der Waals surface area contributed by atoms with E-state index in [1.807, 2.05) is 18.2 Å². The molecule has 0 aromatic heterocycles. The lowest BCUT2D eigenvalue weighted by Gasteiger charge is -2.25. The van der Waals surface area contributed by atoms with Gasteiger partial charge < -0.3 is 4.74 Å². The van der Waals surface area contributed by atoms with Crippen molar-refractivity contribution in [3.63, 3.8) is 0 Å². The SMILES string of the molecule is COc1cccc([C@H]2CCCN2CCS(=O)(=O)c2ccccc2)c1. The largest absolute Gasteiger partial charge is 0.497 e. The Labute approximate surface area is 144 Å². The van der Waals surface area contributed by atoms with E-state index in [0.29, 0.717) is 11.4 Å². The third-order valence-corrected chi connectivity index (χ3v) is 6.30. The predicted octanol–water partition coefficient (Wildman–Crippen LogP) is 3.31. The summed E-state index contributed by atoms with van der Waals surface area (Å²) in [7, 11) is -1.57. The molecule has 0 aliphatic carbocycles. The average Bonchev–Trinajstić information content (AvgIpc) is 3.09. The van der Waals surface area contributed by atoms with Crippen molar-refractivity contribution in [2.45, 2.75) is 23.8 Å². The lowest BCUT2D eigenvalue weighted by Crippen LogP contribution is -2.29. The lowest BCUT2D eigenvalue weighted by atomic mass is 10.0. The number of rotatable bonds is 6. The number of benzene rings is 2. The van der Waals surface area contributed by atoms with Gasteiger partial charge in [-0.25, -0.2) is 8.42 Å². The van der Waals surface area contributed by atoms with Gasteiger partial charge in [-0.2, -0.15) is 0 Å². The molecular formula is C19H23NO3S. The van der Waals surface area contributed by atoms with E-state index in [1.54, 1.807) is 31.4 Å². The van der Waals surface area contributed by atoms with Gasteiger partial charge in [0.1, 0.15) is 5.75 Å². The average molecular weight is 345 g/mol. The lowest BCUT2D eigenvalue weighted by molar-refractivity contribution is 0.271. The number of methoxy groups -OCH3 is 1. The number of sulfone groups is 1. The fourth-order valence-corrected chi connectivity index (χ4v) is 4.59. The third kappa shape index (κ3) is 3.79. The number of hydrogen-bond acceptors (Lipinski definition) is 4. The Bertz CT molecular complexity index is 774. The first-order valence-electron chi connectivity index (χ1n) is 8.26. The molecule has 4 nitrogen and oxygen atoms in total. The van der Waals surface area contributed by atoms with Crippen molar-refractivity contribution in [2.75, 3.05) is 26.0 Å². The smallest absolute Gasteiger partial charge is 0.179 e. The fourth-order valence-electron chi connectivity index (χ4n) is 3.30. The van der Waals surface area contributed by atoms with E-state index < -0.39 is 9.84 Å². The molecule has 0 amide bonds. The quantitative estimate of drug-likeness (QED) is 0.806. The van der Waals surface area contributed by atoms with Gasteiger partial charge in [0.05, 0.1) is 17.8 Å². The minimum absolute atomic E-state index is 0.150. The zero-order valence-electron chi connectivity index (χ0n) is 13.9. The summed E-state index contributed by atoms with van der Waals surface area (Å²) in [5, 5.41) is 0. The molecule has 128 valence electrons. The topological polar surface area (TPSA) is 46.6 Å². The minimum atomic E-state index is -3.23. The highest BCUT2D eigenvalue weighted by molar-refractivity contribution is 7.91. The Morgan fingerprint density at radius 3 is 2.67 bits per heavy atom. The van der Waals surface area contributed by atoms with Gasteiger partial charge in [0.25, 0.3) is 0 Å². The molecule has 0 radical (unpaired) electrons. The summed E-state index contributed by atoms with van der Waals surface area (Å²) in [6.45, 7) is 1.49. The summed E-state index contributed by atoms with van der Waals surface area (Å²) in [5.41, 5.74) is 1.20. The van der Waals surface area contributed by atoms with Gasteiger partial charge in [0.2, 0.25) is 0 Å². The molecule has 1 aliphatic heterocycles. The number of nitrogens with zero attached hydrogens (tertiary/aromatic N) is 1. The van der Waals surface area contributed by atoms with Gasteiger partial charge in [-0.05, 0) is 49.2 Å². The van der Waals surface area contributed by atoms with Crippen LogP contribution < -0.4 is 4.74 Å². The number of ether oxygens (including phenoxy) is 1. The molecule has 1 aliphatic rings. The monoisotopic (exact) mass is 345 g/mol. The van der Waals surface area contributed by atoms with E-state index in [1.165, 1.54) is 5.56 Å². The second-order valence-corrected chi connectivity index (χ2v) is 8.21. The molecular weight excluding hydrogens is 322 g/mol. The Morgan fingerprint density at radius 2 is 1.92 bits per heavy atom. The van der Waals surface area contributed by atoms with Gasteiger partial charge in [-0.15, -0.1) is 0 Å². The van der Waals surface area contributed by atoms with Crippen molar-refractivity contribution < 1.29 is 13.2 Å². The summed E-state index contributed by atoms with van der Waals surface area (Å²) in [4.78, 5) is 2.68. The van der Waals surface area contributed by atoms with Crippen LogP contribution in [-0.2, 0) is 9.84 Å². The van der Waals surface area contributed by atoms with E-state index in [9.17, 15) is 8.42 Å². The van der Waals surface area contributed by atoms with Gasteiger partial charge in [0.15, 0.2) is 9.84 Å². The van der Waals surface area contributed by atoms with Gasteiger partial charge >= 0.3 is 0 Å². The zero-order valence-corrected chi connectivity index (χ0v) is 14.7. The molecule has 0 spiro atoms. The molecule has 3 rings (SSSR count). The van der Waals surface area contributed by atoms with Crippen LogP contribution in [0.5, 0.6) is 5.75 Å². The molecule has 0 N–H and O–H groups in total. The van der Waals surface area contributed by atoms with E-state index in [0.717, 1.165) is 25.1 Å². The highest BCUT2D eigenvalue weighted by Crippen LogP contribution is 2.33. The van der Waals surface area contributed by atoms with E-state index >= 15 is 0 Å². The van der Waals surface area contributed by atoms with Gasteiger partial charge in [-0.3, -0.25) is 4.90 Å². The van der Waals surface area contributed by atoms with Crippen molar-refractivity contribution in [3.8, 4) is 5.75 Å². The Balaban J connectivity index is 1.70. The maximum absolute atomic E-state index is 12.5. The highest BCUT2D eigenvalue weighted by Gasteiger charge is 2.27. The summed E-state index contributed by atoms with van der Waals surface area (Å²) < 4.78 is 30.3. The standard InChI is InChI=1S/C19H23NO3S/c1-23-17-8-5-7-16(15-17)19-11-6-12-20(19)13-14-24(21,22)18-9-3-2-4-10-18/h2-5,7-10,15,19H,6,11-14H2,1H3/t19-/m1/s1. The molecule has 24 heavy (non-hydrogen) atoms. The molecule has 1 heterocycles. The molecule has 0 bridgehead atoms. The fraction of sp³-hybridized carbons (Fsp3) is 0.368. The maximum atomic E-state index is 12.5. The van der Waals surface area contributed by atoms with Crippen LogP contribution in [0.1, 0.15) is 24.4 Å². The number of hydrogen-bond donors (Lipinski definition) is 0. The van der Waals surface area contributed by atoms with Crippen molar-refractivity contribution in [3.05, 3.63) is 60.2 Å². The first kappa shape index (κ1) is 17.0. The van der Waals surface area contributed by atoms with Crippen molar-refractivity contribution in [1.29, 1.82) is 0 Å². The van der Waals surface area contributed by atoms with Crippen LogP contribution in [-0.4, -0.2) is 39.3 Å². The Hall–Kier alpha value is -1.85. The van der Waals surface area contributed by atoms with E-state index in [4.69, 9.17) is 4.74 Å². The maximum Gasteiger partial charge on any atom is 0.179 e. The van der Waals surface area contributed by atoms with Crippen molar-refractivity contribution in [2.24, 2.45) is 0 Å². The Morgan fingerprint density at radius 1 is 1.12 bits per heavy atom. The summed E-state index contributed by atoms with van der Waals surface area (Å²) >= 11 is 0. The van der Waals surface area contributed by atoms with Crippen LogP contribution >= 0.6 is 0 Å². The molecule has 1 fully saturated rings. The summed E-state index contributed by atoms with van der Waals surface area (Å²) in [6.07, 6.45) is 2.14. The highest BCUT2D eigenvalue weighted by atomic mass is 32.2. The second-order valence-electron chi connectivity index (χ2n) is 6.10. The second kappa shape index (κ2) is 7.36. The normalized spacial score (nSPS) is 18.6. The first-order chi connectivity index (χ1) is 11.6. The van der Waals surface area contributed by atoms with Gasteiger partial charge in [0, 0.05) is 12.6 Å². The molecule has 5 heteroatoms. The van der Waals surface area contributed by atoms with Crippen LogP contribution in [0, 0.1) is 0 Å². The molecule has 2 aromatic rings. The number of likely N-dealkylation sites (tertiary alicyclic amines) is 1. The van der Waals surface area contributed by atoms with Crippen molar-refractivity contribution >= 4 is 9.84 Å². The molecule has 2 aromatic carbocycles.